The Morgan fingerprint density at radius 3 is 2.00 bits per heavy atom. The van der Waals surface area contributed by atoms with E-state index < -0.39 is 5.97 Å². The summed E-state index contributed by atoms with van der Waals surface area (Å²) in [6.07, 6.45) is 0.918. The van der Waals surface area contributed by atoms with Crippen molar-refractivity contribution < 1.29 is 14.6 Å². The molecule has 41 heavy (non-hydrogen) atoms. The molecule has 0 bridgehead atoms. The topological polar surface area (TPSA) is 59.4 Å². The Morgan fingerprint density at radius 1 is 0.829 bits per heavy atom. The molecule has 1 aromatic heterocycles. The first kappa shape index (κ1) is 28.8. The number of thiazole rings is 1. The molecule has 0 spiro atoms. The van der Waals surface area contributed by atoms with E-state index in [1.165, 1.54) is 37.2 Å². The summed E-state index contributed by atoms with van der Waals surface area (Å²) in [4.78, 5) is 17.6. The Bertz CT molecular complexity index is 1640. The van der Waals surface area contributed by atoms with E-state index in [-0.39, 0.29) is 21.6 Å². The third-order valence-electron chi connectivity index (χ3n) is 6.96. The average Bonchev–Trinajstić information content (AvgIpc) is 3.35. The number of aromatic nitrogens is 1. The van der Waals surface area contributed by atoms with E-state index in [4.69, 9.17) is 14.8 Å². The van der Waals surface area contributed by atoms with E-state index >= 15 is 0 Å². The molecule has 1 heterocycles. The monoisotopic (exact) mass is 627 g/mol. The van der Waals surface area contributed by atoms with Crippen LogP contribution in [-0.2, 0) is 11.2 Å². The Morgan fingerprint density at radius 2 is 1.41 bits per heavy atom. The number of aryl methyl sites for hydroxylation is 4. The number of aliphatic carboxylic acids is 1. The van der Waals surface area contributed by atoms with Gasteiger partial charge in [-0.05, 0) is 0 Å². The van der Waals surface area contributed by atoms with Gasteiger partial charge in [0.15, 0.2) is 0 Å². The molecular weight excluding hydrogens is 593 g/mol. The summed E-state index contributed by atoms with van der Waals surface area (Å²) in [7, 11) is 0. The summed E-state index contributed by atoms with van der Waals surface area (Å²) in [6, 6.07) is 32.3. The molecule has 5 rings (SSSR count). The number of rotatable bonds is 10. The molecule has 6 heteroatoms. The molecule has 4 aromatic carbocycles. The summed E-state index contributed by atoms with van der Waals surface area (Å²) in [5.74, 6) is -0.359. The third kappa shape index (κ3) is 7.34. The maximum atomic E-state index is 11.0. The Hall–Kier alpha value is -3.70. The predicted octanol–water partition coefficient (Wildman–Crippen LogP) is 7.49. The van der Waals surface area contributed by atoms with Gasteiger partial charge in [0.25, 0.3) is 0 Å². The quantitative estimate of drug-likeness (QED) is 0.163. The number of hydrogen-bond donors (Lipinski definition) is 1. The van der Waals surface area contributed by atoms with Crippen molar-refractivity contribution in [2.24, 2.45) is 0 Å². The van der Waals surface area contributed by atoms with Crippen LogP contribution < -0.4 is 9.20 Å². The fourth-order valence-corrected chi connectivity index (χ4v) is 8.95. The molecule has 1 atom stereocenters. The molecular formula is C35H33NO3SSe. The van der Waals surface area contributed by atoms with Crippen molar-refractivity contribution >= 4 is 36.7 Å². The molecule has 0 saturated carbocycles. The van der Waals surface area contributed by atoms with Crippen LogP contribution in [0, 0.1) is 27.7 Å². The molecule has 0 aliphatic rings. The van der Waals surface area contributed by atoms with Crippen molar-refractivity contribution in [3.63, 3.8) is 0 Å². The summed E-state index contributed by atoms with van der Waals surface area (Å²) < 4.78 is 6.73. The van der Waals surface area contributed by atoms with Crippen LogP contribution in [0.15, 0.2) is 91.0 Å². The summed E-state index contributed by atoms with van der Waals surface area (Å²) in [6.45, 7) is 7.97. The molecule has 0 aliphatic heterocycles. The van der Waals surface area contributed by atoms with E-state index in [1.54, 1.807) is 11.3 Å². The van der Waals surface area contributed by atoms with E-state index in [0.29, 0.717) is 10.6 Å². The standard InChI is InChI=1S/C35H33NO3SSe/c1-22-5-11-27(12-6-22)28-15-9-26(10-16-28)20-32(41-30-17-18-31(24(3)19-30)39-21-33(37)38)34-25(4)36-35(40-34)29-13-7-23(2)8-14-29/h5-19,32H,20-21H2,1-4H3,(H,37,38). The molecule has 1 N–H and O–H groups in total. The molecule has 0 radical (unpaired) electrons. The van der Waals surface area contributed by atoms with E-state index in [0.717, 1.165) is 28.2 Å². The van der Waals surface area contributed by atoms with Crippen molar-refractivity contribution in [1.82, 2.24) is 4.98 Å². The van der Waals surface area contributed by atoms with E-state index in [9.17, 15) is 4.79 Å². The first-order valence-corrected chi connectivity index (χ1v) is 16.2. The Kier molecular flexibility index (Phi) is 9.04. The second-order valence-electron chi connectivity index (χ2n) is 10.3. The maximum absolute atomic E-state index is 11.0. The summed E-state index contributed by atoms with van der Waals surface area (Å²) in [5, 5.41) is 10.1. The molecule has 0 saturated heterocycles. The molecule has 4 nitrogen and oxygen atoms in total. The first-order chi connectivity index (χ1) is 19.7. The van der Waals surface area contributed by atoms with Gasteiger partial charge in [0.1, 0.15) is 0 Å². The van der Waals surface area contributed by atoms with Gasteiger partial charge in [-0.15, -0.1) is 0 Å². The number of carbonyl (C=O) groups is 1. The number of ether oxygens (including phenoxy) is 1. The second-order valence-corrected chi connectivity index (χ2v) is 14.0. The van der Waals surface area contributed by atoms with Gasteiger partial charge in [-0.25, -0.2) is 0 Å². The number of hydrogen-bond acceptors (Lipinski definition) is 4. The molecule has 1 unspecified atom stereocenters. The van der Waals surface area contributed by atoms with Crippen molar-refractivity contribution in [2.75, 3.05) is 6.61 Å². The Balaban J connectivity index is 1.44. The van der Waals surface area contributed by atoms with Gasteiger partial charge < -0.3 is 0 Å². The first-order valence-electron chi connectivity index (χ1n) is 13.6. The van der Waals surface area contributed by atoms with Crippen LogP contribution in [0.2, 0.25) is 0 Å². The van der Waals surface area contributed by atoms with Gasteiger partial charge in [0.05, 0.1) is 0 Å². The molecule has 0 fully saturated rings. The zero-order valence-electron chi connectivity index (χ0n) is 23.7. The number of carboxylic acid groups (broad SMARTS) is 1. The third-order valence-corrected chi connectivity index (χ3v) is 11.2. The van der Waals surface area contributed by atoms with Crippen LogP contribution in [0.5, 0.6) is 5.75 Å². The zero-order valence-corrected chi connectivity index (χ0v) is 26.2. The van der Waals surface area contributed by atoms with Crippen LogP contribution in [-0.4, -0.2) is 37.6 Å². The summed E-state index contributed by atoms with van der Waals surface area (Å²) >= 11 is 1.92. The SMILES string of the molecule is Cc1ccc(-c2ccc(CC([Se]c3ccc(OCC(=O)O)c(C)c3)c3sc(-c4ccc(C)cc4)nc3C)cc2)cc1. The number of benzene rings is 4. The van der Waals surface area contributed by atoms with Gasteiger partial charge in [-0.3, -0.25) is 0 Å². The van der Waals surface area contributed by atoms with Crippen molar-refractivity contribution in [2.45, 2.75) is 38.9 Å². The molecule has 0 amide bonds. The van der Waals surface area contributed by atoms with E-state index in [1.807, 2.05) is 13.0 Å². The normalized spacial score (nSPS) is 11.8. The molecule has 208 valence electrons. The van der Waals surface area contributed by atoms with Crippen LogP contribution in [0.4, 0.5) is 0 Å². The van der Waals surface area contributed by atoms with Crippen molar-refractivity contribution in [1.29, 1.82) is 0 Å². The van der Waals surface area contributed by atoms with Gasteiger partial charge in [0, 0.05) is 0 Å². The van der Waals surface area contributed by atoms with Crippen LogP contribution in [0.3, 0.4) is 0 Å². The number of nitrogens with zero attached hydrogens (tertiary/aromatic N) is 1. The van der Waals surface area contributed by atoms with Crippen molar-refractivity contribution in [3.05, 3.63) is 124 Å². The predicted molar refractivity (Wildman–Crippen MR) is 170 cm³/mol. The van der Waals surface area contributed by atoms with Gasteiger partial charge in [-0.1, -0.05) is 0 Å². The van der Waals surface area contributed by atoms with Crippen LogP contribution in [0.1, 0.15) is 37.6 Å². The molecule has 5 aromatic rings. The minimum absolute atomic E-state index is 0.119. The van der Waals surface area contributed by atoms with Gasteiger partial charge >= 0.3 is 253 Å². The van der Waals surface area contributed by atoms with Crippen LogP contribution in [0.25, 0.3) is 21.7 Å². The minimum atomic E-state index is -0.976. The second kappa shape index (κ2) is 12.9. The Labute approximate surface area is 252 Å². The summed E-state index contributed by atoms with van der Waals surface area (Å²) in [5.41, 5.74) is 9.44. The fraction of sp³-hybridized carbons (Fsp3) is 0.200. The average molecular weight is 627 g/mol. The van der Waals surface area contributed by atoms with Gasteiger partial charge in [0.2, 0.25) is 0 Å². The number of carboxylic acids is 1. The fourth-order valence-electron chi connectivity index (χ4n) is 4.67. The van der Waals surface area contributed by atoms with Crippen LogP contribution >= 0.6 is 11.3 Å². The van der Waals surface area contributed by atoms with Gasteiger partial charge in [-0.2, -0.15) is 0 Å². The molecule has 0 aliphatic carbocycles. The van der Waals surface area contributed by atoms with Crippen molar-refractivity contribution in [3.8, 4) is 27.4 Å². The zero-order chi connectivity index (χ0) is 28.9. The van der Waals surface area contributed by atoms with E-state index in [2.05, 4.69) is 106 Å².